The number of aromatic nitrogens is 1. The van der Waals surface area contributed by atoms with E-state index in [1.54, 1.807) is 0 Å². The van der Waals surface area contributed by atoms with Crippen LogP contribution < -0.4 is 15.8 Å². The van der Waals surface area contributed by atoms with Gasteiger partial charge in [-0.3, -0.25) is 4.79 Å². The number of ether oxygens (including phenoxy) is 1. The third-order valence-corrected chi connectivity index (χ3v) is 8.65. The summed E-state index contributed by atoms with van der Waals surface area (Å²) in [6, 6.07) is 10.0. The lowest BCUT2D eigenvalue weighted by atomic mass is 9.54. The highest BCUT2D eigenvalue weighted by Gasteiger charge is 2.49. The summed E-state index contributed by atoms with van der Waals surface area (Å²) in [4.78, 5) is 15.0. The first-order chi connectivity index (χ1) is 15.5. The summed E-state index contributed by atoms with van der Waals surface area (Å²) >= 11 is 1.44. The Kier molecular flexibility index (Phi) is 7.61. The van der Waals surface area contributed by atoms with E-state index in [4.69, 9.17) is 15.0 Å². The summed E-state index contributed by atoms with van der Waals surface area (Å²) in [5, 5.41) is 7.45. The molecule has 3 N–H and O–H groups in total. The third-order valence-electron chi connectivity index (χ3n) is 7.58. The number of nitrogens with one attached hydrogen (secondary N) is 1. The molecule has 4 aliphatic carbocycles. The zero-order valence-electron chi connectivity index (χ0n) is 19.2. The van der Waals surface area contributed by atoms with Crippen LogP contribution in [0, 0.1) is 29.6 Å². The fourth-order valence-corrected chi connectivity index (χ4v) is 6.88. The Morgan fingerprint density at radius 1 is 1.15 bits per heavy atom. The molecule has 6 rings (SSSR count). The smallest absolute Gasteiger partial charge is 0.291 e. The van der Waals surface area contributed by atoms with Gasteiger partial charge in [0.2, 0.25) is 5.76 Å². The number of rotatable bonds is 8. The first kappa shape index (κ1) is 24.4. The van der Waals surface area contributed by atoms with Crippen LogP contribution in [0.4, 0.5) is 0 Å². The number of hydrogen-bond donors (Lipinski definition) is 2. The molecule has 1 heterocycles. The van der Waals surface area contributed by atoms with Crippen molar-refractivity contribution in [1.29, 1.82) is 0 Å². The van der Waals surface area contributed by atoms with Crippen LogP contribution in [-0.4, -0.2) is 29.8 Å². The number of amides is 1. The Hall–Kier alpha value is -1.70. The summed E-state index contributed by atoms with van der Waals surface area (Å²) in [7, 11) is 0. The number of benzene rings is 1. The average Bonchev–Trinajstić information content (AvgIpc) is 3.17. The minimum absolute atomic E-state index is 0. The first-order valence-corrected chi connectivity index (χ1v) is 12.7. The lowest BCUT2D eigenvalue weighted by Crippen LogP contribution is -2.55. The van der Waals surface area contributed by atoms with Gasteiger partial charge in [-0.1, -0.05) is 43.8 Å². The van der Waals surface area contributed by atoms with Crippen molar-refractivity contribution in [3.63, 3.8) is 0 Å². The highest BCUT2D eigenvalue weighted by atomic mass is 35.5. The molecule has 4 aliphatic rings. The standard InChI is InChI=1S/C25H33N3O3S.ClH/c1-14(2)20(26)13-30-25-23(32-19-6-4-3-5-7-19)22(31-28-25)24(29)27-21-17-9-15-8-16(11-17)12-18(21)10-15;/h3-7,14-18,20-21H,8-13,26H2,1-2H3,(H,27,29);1H/t15?,16?,17?,18?,20-,21?;/m1./s1. The Labute approximate surface area is 206 Å². The summed E-state index contributed by atoms with van der Waals surface area (Å²) in [6.07, 6.45) is 6.40. The molecule has 8 heteroatoms. The van der Waals surface area contributed by atoms with Crippen LogP contribution >= 0.6 is 24.2 Å². The molecule has 1 aromatic heterocycles. The van der Waals surface area contributed by atoms with Crippen LogP contribution in [0.15, 0.2) is 44.6 Å². The molecule has 180 valence electrons. The topological polar surface area (TPSA) is 90.4 Å². The van der Waals surface area contributed by atoms with E-state index in [9.17, 15) is 4.79 Å². The second-order valence-corrected chi connectivity index (χ2v) is 11.3. The van der Waals surface area contributed by atoms with Crippen molar-refractivity contribution in [3.05, 3.63) is 36.1 Å². The summed E-state index contributed by atoms with van der Waals surface area (Å²) in [5.41, 5.74) is 6.15. The minimum Gasteiger partial charge on any atom is -0.473 e. The SMILES string of the molecule is CC(C)[C@H](N)COc1noc(C(=O)NC2C3CC4CC(C3)CC2C4)c1Sc1ccccc1.Cl. The fourth-order valence-electron chi connectivity index (χ4n) is 5.95. The van der Waals surface area contributed by atoms with Crippen LogP contribution in [0.25, 0.3) is 0 Å². The van der Waals surface area contributed by atoms with Crippen LogP contribution in [0.5, 0.6) is 5.88 Å². The molecule has 4 saturated carbocycles. The number of nitrogens with two attached hydrogens (primary N) is 1. The number of carbonyl (C=O) groups excluding carboxylic acids is 1. The molecule has 1 atom stereocenters. The molecule has 33 heavy (non-hydrogen) atoms. The van der Waals surface area contributed by atoms with Crippen molar-refractivity contribution in [3.8, 4) is 5.88 Å². The predicted molar refractivity (Wildman–Crippen MR) is 131 cm³/mol. The zero-order valence-corrected chi connectivity index (χ0v) is 20.9. The average molecular weight is 492 g/mol. The van der Waals surface area contributed by atoms with Gasteiger partial charge in [-0.05, 0) is 79.0 Å². The van der Waals surface area contributed by atoms with E-state index in [-0.39, 0.29) is 42.1 Å². The van der Waals surface area contributed by atoms with Crippen molar-refractivity contribution >= 4 is 30.1 Å². The maximum absolute atomic E-state index is 13.4. The fraction of sp³-hybridized carbons (Fsp3) is 0.600. The van der Waals surface area contributed by atoms with E-state index >= 15 is 0 Å². The summed E-state index contributed by atoms with van der Waals surface area (Å²) < 4.78 is 11.5. The Bertz CT molecular complexity index is 924. The Morgan fingerprint density at radius 3 is 2.39 bits per heavy atom. The first-order valence-electron chi connectivity index (χ1n) is 11.9. The van der Waals surface area contributed by atoms with E-state index < -0.39 is 0 Å². The van der Waals surface area contributed by atoms with Crippen molar-refractivity contribution in [2.75, 3.05) is 6.61 Å². The van der Waals surface area contributed by atoms with Gasteiger partial charge >= 0.3 is 0 Å². The van der Waals surface area contributed by atoms with E-state index in [0.29, 0.717) is 29.2 Å². The molecule has 4 bridgehead atoms. The quantitative estimate of drug-likeness (QED) is 0.529. The molecule has 0 unspecified atom stereocenters. The van der Waals surface area contributed by atoms with Crippen molar-refractivity contribution < 1.29 is 14.1 Å². The van der Waals surface area contributed by atoms with Crippen LogP contribution in [0.2, 0.25) is 0 Å². The van der Waals surface area contributed by atoms with Gasteiger partial charge in [0.15, 0.2) is 0 Å². The minimum atomic E-state index is -0.184. The summed E-state index contributed by atoms with van der Waals surface area (Å²) in [5.74, 6) is 3.61. The third kappa shape index (κ3) is 5.20. The Morgan fingerprint density at radius 2 is 1.79 bits per heavy atom. The van der Waals surface area contributed by atoms with Gasteiger partial charge in [0.25, 0.3) is 11.8 Å². The van der Waals surface area contributed by atoms with Crippen LogP contribution in [0.1, 0.15) is 56.5 Å². The van der Waals surface area contributed by atoms with Crippen LogP contribution in [-0.2, 0) is 0 Å². The van der Waals surface area contributed by atoms with Gasteiger partial charge in [0, 0.05) is 17.0 Å². The summed E-state index contributed by atoms with van der Waals surface area (Å²) in [6.45, 7) is 4.43. The highest BCUT2D eigenvalue weighted by Crippen LogP contribution is 2.53. The number of carbonyl (C=O) groups is 1. The molecule has 1 amide bonds. The molecule has 0 radical (unpaired) electrons. The molecule has 1 aromatic carbocycles. The predicted octanol–water partition coefficient (Wildman–Crippen LogP) is 5.16. The van der Waals surface area contributed by atoms with E-state index in [0.717, 1.165) is 16.7 Å². The number of nitrogens with zero attached hydrogens (tertiary/aromatic N) is 1. The van der Waals surface area contributed by atoms with Gasteiger partial charge in [-0.25, -0.2) is 0 Å². The molecule has 6 nitrogen and oxygen atoms in total. The van der Waals surface area contributed by atoms with Crippen molar-refractivity contribution in [1.82, 2.24) is 10.5 Å². The lowest BCUT2D eigenvalue weighted by Gasteiger charge is -2.54. The van der Waals surface area contributed by atoms with E-state index in [1.165, 1.54) is 43.9 Å². The molecular formula is C25H34ClN3O3S. The van der Waals surface area contributed by atoms with E-state index in [2.05, 4.69) is 24.3 Å². The molecule has 0 aliphatic heterocycles. The molecule has 4 fully saturated rings. The molecule has 0 saturated heterocycles. The molecular weight excluding hydrogens is 458 g/mol. The van der Waals surface area contributed by atoms with Gasteiger partial charge in [-0.15, -0.1) is 12.4 Å². The molecule has 0 spiro atoms. The second-order valence-electron chi connectivity index (χ2n) is 10.2. The Balaban J connectivity index is 0.00000259. The van der Waals surface area contributed by atoms with Gasteiger partial charge in [0.1, 0.15) is 11.5 Å². The molecule has 2 aromatic rings. The monoisotopic (exact) mass is 491 g/mol. The lowest BCUT2D eigenvalue weighted by molar-refractivity contribution is -0.0124. The van der Waals surface area contributed by atoms with Crippen molar-refractivity contribution in [2.45, 2.75) is 67.8 Å². The highest BCUT2D eigenvalue weighted by molar-refractivity contribution is 7.99. The van der Waals surface area contributed by atoms with Crippen LogP contribution in [0.3, 0.4) is 0 Å². The van der Waals surface area contributed by atoms with Gasteiger partial charge < -0.3 is 20.3 Å². The van der Waals surface area contributed by atoms with Crippen molar-refractivity contribution in [2.24, 2.45) is 35.3 Å². The zero-order chi connectivity index (χ0) is 22.2. The van der Waals surface area contributed by atoms with Gasteiger partial charge in [-0.2, -0.15) is 0 Å². The number of hydrogen-bond acceptors (Lipinski definition) is 6. The second kappa shape index (κ2) is 10.3. The largest absolute Gasteiger partial charge is 0.473 e. The maximum atomic E-state index is 13.4. The van der Waals surface area contributed by atoms with Gasteiger partial charge in [0.05, 0.1) is 0 Å². The maximum Gasteiger partial charge on any atom is 0.291 e. The number of halogens is 1. The van der Waals surface area contributed by atoms with E-state index in [1.807, 2.05) is 30.3 Å². The normalized spacial score (nSPS) is 28.4.